The first-order chi connectivity index (χ1) is 17.0. The van der Waals surface area contributed by atoms with Crippen molar-refractivity contribution in [1.82, 2.24) is 0 Å². The summed E-state index contributed by atoms with van der Waals surface area (Å²) >= 11 is 0. The zero-order chi connectivity index (χ0) is 25.0. The van der Waals surface area contributed by atoms with E-state index in [0.717, 1.165) is 31.2 Å². The Bertz CT molecular complexity index is 1090. The lowest BCUT2D eigenvalue weighted by atomic mass is 10.0. The van der Waals surface area contributed by atoms with Crippen LogP contribution in [0.4, 0.5) is 0 Å². The fraction of sp³-hybridized carbons (Fsp3) is 0.333. The SMILES string of the molecule is CCCCCCC(CCC)Oc1ccc(-c2ccc(C(=O)O)cc2)c(OC(=O)c2ccccc2)c1. The molecule has 0 bridgehead atoms. The number of rotatable bonds is 13. The van der Waals surface area contributed by atoms with Gasteiger partial charge in [0.05, 0.1) is 17.2 Å². The van der Waals surface area contributed by atoms with E-state index in [1.165, 1.54) is 19.3 Å². The van der Waals surface area contributed by atoms with Crippen molar-refractivity contribution in [2.24, 2.45) is 0 Å². The number of hydrogen-bond donors (Lipinski definition) is 1. The Balaban J connectivity index is 1.88. The number of ether oxygens (including phenoxy) is 2. The third-order valence-electron chi connectivity index (χ3n) is 5.90. The standard InChI is InChI=1S/C30H34O5/c1-3-5-6-10-14-25(11-4-2)34-26-19-20-27(22-15-17-23(18-16-22)29(31)32)28(21-26)35-30(33)24-12-8-7-9-13-24/h7-9,12-13,15-21,25H,3-6,10-11,14H2,1-2H3,(H,31,32). The van der Waals surface area contributed by atoms with Crippen molar-refractivity contribution >= 4 is 11.9 Å². The Morgan fingerprint density at radius 2 is 1.54 bits per heavy atom. The molecule has 184 valence electrons. The van der Waals surface area contributed by atoms with Gasteiger partial charge in [-0.15, -0.1) is 0 Å². The molecule has 3 aromatic rings. The van der Waals surface area contributed by atoms with Crippen LogP contribution >= 0.6 is 0 Å². The van der Waals surface area contributed by atoms with Crippen LogP contribution in [-0.2, 0) is 0 Å². The Morgan fingerprint density at radius 3 is 2.20 bits per heavy atom. The van der Waals surface area contributed by atoms with Gasteiger partial charge in [-0.3, -0.25) is 0 Å². The van der Waals surface area contributed by atoms with Gasteiger partial charge in [0.2, 0.25) is 0 Å². The van der Waals surface area contributed by atoms with Gasteiger partial charge >= 0.3 is 11.9 Å². The summed E-state index contributed by atoms with van der Waals surface area (Å²) in [5.41, 5.74) is 2.09. The summed E-state index contributed by atoms with van der Waals surface area (Å²) in [4.78, 5) is 24.1. The maximum Gasteiger partial charge on any atom is 0.343 e. The number of carboxylic acids is 1. The predicted octanol–water partition coefficient (Wildman–Crippen LogP) is 7.79. The smallest absolute Gasteiger partial charge is 0.343 e. The molecule has 5 nitrogen and oxygen atoms in total. The van der Waals surface area contributed by atoms with Crippen molar-refractivity contribution < 1.29 is 24.2 Å². The van der Waals surface area contributed by atoms with Gasteiger partial charge in [-0.2, -0.15) is 0 Å². The lowest BCUT2D eigenvalue weighted by Crippen LogP contribution is -2.16. The molecule has 0 radical (unpaired) electrons. The summed E-state index contributed by atoms with van der Waals surface area (Å²) < 4.78 is 12.2. The van der Waals surface area contributed by atoms with Crippen molar-refractivity contribution in [3.05, 3.63) is 83.9 Å². The molecule has 0 spiro atoms. The van der Waals surface area contributed by atoms with E-state index in [-0.39, 0.29) is 11.7 Å². The summed E-state index contributed by atoms with van der Waals surface area (Å²) in [5.74, 6) is -0.422. The summed E-state index contributed by atoms with van der Waals surface area (Å²) in [5, 5.41) is 9.22. The van der Waals surface area contributed by atoms with E-state index in [0.29, 0.717) is 22.6 Å². The highest BCUT2D eigenvalue weighted by molar-refractivity contribution is 5.92. The molecule has 1 unspecified atom stereocenters. The van der Waals surface area contributed by atoms with Gasteiger partial charge in [0.1, 0.15) is 11.5 Å². The highest BCUT2D eigenvalue weighted by Gasteiger charge is 2.17. The number of carbonyl (C=O) groups is 2. The molecule has 3 aromatic carbocycles. The topological polar surface area (TPSA) is 72.8 Å². The molecule has 1 atom stereocenters. The van der Waals surface area contributed by atoms with E-state index in [1.807, 2.05) is 18.2 Å². The first kappa shape index (κ1) is 26.0. The minimum Gasteiger partial charge on any atom is -0.490 e. The maximum absolute atomic E-state index is 12.8. The number of carboxylic acid groups (broad SMARTS) is 1. The molecule has 5 heteroatoms. The van der Waals surface area contributed by atoms with E-state index >= 15 is 0 Å². The highest BCUT2D eigenvalue weighted by Crippen LogP contribution is 2.35. The third kappa shape index (κ3) is 7.71. The van der Waals surface area contributed by atoms with Crippen molar-refractivity contribution in [3.63, 3.8) is 0 Å². The minimum absolute atomic E-state index is 0.107. The van der Waals surface area contributed by atoms with E-state index < -0.39 is 11.9 Å². The molecule has 0 aliphatic heterocycles. The van der Waals surface area contributed by atoms with Crippen LogP contribution in [-0.4, -0.2) is 23.1 Å². The number of hydrogen-bond acceptors (Lipinski definition) is 4. The summed E-state index contributed by atoms with van der Waals surface area (Å²) in [7, 11) is 0. The van der Waals surface area contributed by atoms with Gasteiger partial charge in [-0.25, -0.2) is 9.59 Å². The zero-order valence-corrected chi connectivity index (χ0v) is 20.5. The number of benzene rings is 3. The maximum atomic E-state index is 12.8. The minimum atomic E-state index is -0.989. The van der Waals surface area contributed by atoms with Crippen LogP contribution in [0.1, 0.15) is 79.5 Å². The van der Waals surface area contributed by atoms with Crippen LogP contribution in [0.2, 0.25) is 0 Å². The number of aromatic carboxylic acids is 1. The average molecular weight is 475 g/mol. The first-order valence-electron chi connectivity index (χ1n) is 12.4. The van der Waals surface area contributed by atoms with E-state index in [2.05, 4.69) is 13.8 Å². The molecule has 0 heterocycles. The highest BCUT2D eigenvalue weighted by atomic mass is 16.5. The van der Waals surface area contributed by atoms with Crippen LogP contribution in [0, 0.1) is 0 Å². The summed E-state index contributed by atoms with van der Waals surface area (Å²) in [6.07, 6.45) is 7.85. The van der Waals surface area contributed by atoms with Gasteiger partial charge in [0, 0.05) is 11.6 Å². The molecule has 0 saturated heterocycles. The monoisotopic (exact) mass is 474 g/mol. The Morgan fingerprint density at radius 1 is 0.800 bits per heavy atom. The average Bonchev–Trinajstić information content (AvgIpc) is 2.87. The quantitative estimate of drug-likeness (QED) is 0.155. The third-order valence-corrected chi connectivity index (χ3v) is 5.90. The molecule has 0 amide bonds. The zero-order valence-electron chi connectivity index (χ0n) is 20.5. The van der Waals surface area contributed by atoms with Crippen LogP contribution in [0.25, 0.3) is 11.1 Å². The fourth-order valence-corrected chi connectivity index (χ4v) is 4.00. The largest absolute Gasteiger partial charge is 0.490 e. The van der Waals surface area contributed by atoms with Crippen molar-refractivity contribution in [1.29, 1.82) is 0 Å². The molecule has 35 heavy (non-hydrogen) atoms. The van der Waals surface area contributed by atoms with Crippen LogP contribution in [0.3, 0.4) is 0 Å². The van der Waals surface area contributed by atoms with Crippen molar-refractivity contribution in [3.8, 4) is 22.6 Å². The second-order valence-corrected chi connectivity index (χ2v) is 8.67. The van der Waals surface area contributed by atoms with Crippen LogP contribution < -0.4 is 9.47 Å². The van der Waals surface area contributed by atoms with Crippen molar-refractivity contribution in [2.45, 2.75) is 64.9 Å². The summed E-state index contributed by atoms with van der Waals surface area (Å²) in [6.45, 7) is 4.36. The molecule has 0 fully saturated rings. The Kier molecular flexibility index (Phi) is 9.91. The van der Waals surface area contributed by atoms with Gasteiger partial charge in [0.15, 0.2) is 0 Å². The Labute approximate surface area is 207 Å². The predicted molar refractivity (Wildman–Crippen MR) is 138 cm³/mol. The van der Waals surface area contributed by atoms with Crippen LogP contribution in [0.15, 0.2) is 72.8 Å². The summed E-state index contributed by atoms with van der Waals surface area (Å²) in [6, 6.07) is 20.8. The lowest BCUT2D eigenvalue weighted by Gasteiger charge is -2.20. The molecular weight excluding hydrogens is 440 g/mol. The van der Waals surface area contributed by atoms with Crippen molar-refractivity contribution in [2.75, 3.05) is 0 Å². The molecule has 0 aliphatic carbocycles. The van der Waals surface area contributed by atoms with E-state index in [4.69, 9.17) is 9.47 Å². The van der Waals surface area contributed by atoms with Gasteiger partial charge in [-0.05, 0) is 61.2 Å². The molecular formula is C30H34O5. The van der Waals surface area contributed by atoms with E-state index in [9.17, 15) is 14.7 Å². The molecule has 0 saturated carbocycles. The van der Waals surface area contributed by atoms with Crippen LogP contribution in [0.5, 0.6) is 11.5 Å². The van der Waals surface area contributed by atoms with Gasteiger partial charge in [-0.1, -0.05) is 69.9 Å². The molecule has 0 aliphatic rings. The second kappa shape index (κ2) is 13.3. The number of unbranched alkanes of at least 4 members (excludes halogenated alkanes) is 3. The molecule has 3 rings (SSSR count). The number of carbonyl (C=O) groups excluding carboxylic acids is 1. The fourth-order valence-electron chi connectivity index (χ4n) is 4.00. The second-order valence-electron chi connectivity index (χ2n) is 8.67. The molecule has 0 aromatic heterocycles. The van der Waals surface area contributed by atoms with Gasteiger partial charge in [0.25, 0.3) is 0 Å². The van der Waals surface area contributed by atoms with Gasteiger partial charge < -0.3 is 14.6 Å². The molecule has 1 N–H and O–H groups in total. The van der Waals surface area contributed by atoms with E-state index in [1.54, 1.807) is 54.6 Å². The first-order valence-corrected chi connectivity index (χ1v) is 12.4. The number of esters is 1. The Hall–Kier alpha value is -3.60. The normalized spacial score (nSPS) is 11.6. The lowest BCUT2D eigenvalue weighted by molar-refractivity contribution is 0.0694.